The van der Waals surface area contributed by atoms with Gasteiger partial charge in [0.1, 0.15) is 5.76 Å². The summed E-state index contributed by atoms with van der Waals surface area (Å²) in [7, 11) is 0. The summed E-state index contributed by atoms with van der Waals surface area (Å²) in [6.07, 6.45) is 1.52. The number of benzene rings is 1. The van der Waals surface area contributed by atoms with E-state index in [1.165, 1.54) is 11.2 Å². The highest BCUT2D eigenvalue weighted by Gasteiger charge is 2.19. The SMILES string of the molecule is CCOC(=O)CCN(Cc1ccco1)C(=O)NC(=O)c1ccccc1. The lowest BCUT2D eigenvalue weighted by molar-refractivity contribution is -0.143. The van der Waals surface area contributed by atoms with E-state index in [4.69, 9.17) is 9.15 Å². The molecule has 0 aliphatic carbocycles. The Bertz CT molecular complexity index is 698. The van der Waals surface area contributed by atoms with Gasteiger partial charge in [-0.15, -0.1) is 0 Å². The highest BCUT2D eigenvalue weighted by Crippen LogP contribution is 2.08. The Kier molecular flexibility index (Phi) is 6.76. The number of esters is 1. The van der Waals surface area contributed by atoms with Crippen molar-refractivity contribution in [3.63, 3.8) is 0 Å². The molecule has 0 unspecified atom stereocenters. The van der Waals surface area contributed by atoms with Gasteiger partial charge in [0.2, 0.25) is 0 Å². The molecular formula is C18H20N2O5. The average molecular weight is 344 g/mol. The van der Waals surface area contributed by atoms with Gasteiger partial charge in [-0.05, 0) is 31.2 Å². The Morgan fingerprint density at radius 2 is 1.88 bits per heavy atom. The number of carbonyl (C=O) groups excluding carboxylic acids is 3. The van der Waals surface area contributed by atoms with Crippen molar-refractivity contribution in [3.8, 4) is 0 Å². The van der Waals surface area contributed by atoms with Gasteiger partial charge >= 0.3 is 12.0 Å². The summed E-state index contributed by atoms with van der Waals surface area (Å²) in [5, 5.41) is 2.32. The largest absolute Gasteiger partial charge is 0.467 e. The standard InChI is InChI=1S/C18H20N2O5/c1-2-24-16(21)10-11-20(13-15-9-6-12-25-15)18(23)19-17(22)14-7-4-3-5-8-14/h3-9,12H,2,10-11,13H2,1H3,(H,19,22,23). The first kappa shape index (κ1) is 18.3. The number of hydrogen-bond acceptors (Lipinski definition) is 5. The van der Waals surface area contributed by atoms with Crippen molar-refractivity contribution in [1.82, 2.24) is 10.2 Å². The van der Waals surface area contributed by atoms with Gasteiger partial charge in [-0.1, -0.05) is 18.2 Å². The molecule has 1 N–H and O–H groups in total. The maximum Gasteiger partial charge on any atom is 0.324 e. The fraction of sp³-hybridized carbons (Fsp3) is 0.278. The van der Waals surface area contributed by atoms with Crippen molar-refractivity contribution in [2.75, 3.05) is 13.2 Å². The minimum atomic E-state index is -0.602. The zero-order chi connectivity index (χ0) is 18.1. The van der Waals surface area contributed by atoms with Gasteiger partial charge in [0.25, 0.3) is 5.91 Å². The van der Waals surface area contributed by atoms with Crippen LogP contribution in [-0.4, -0.2) is 36.0 Å². The number of urea groups is 1. The van der Waals surface area contributed by atoms with Gasteiger partial charge in [-0.3, -0.25) is 14.9 Å². The van der Waals surface area contributed by atoms with E-state index in [1.807, 2.05) is 0 Å². The number of amides is 3. The van der Waals surface area contributed by atoms with Crippen LogP contribution in [0.25, 0.3) is 0 Å². The second-order valence-corrected chi connectivity index (χ2v) is 5.18. The van der Waals surface area contributed by atoms with E-state index in [1.54, 1.807) is 49.4 Å². The van der Waals surface area contributed by atoms with Crippen molar-refractivity contribution < 1.29 is 23.5 Å². The summed E-state index contributed by atoms with van der Waals surface area (Å²) in [5.74, 6) is -0.369. The lowest BCUT2D eigenvalue weighted by Crippen LogP contribution is -2.43. The Hall–Kier alpha value is -3.09. The molecule has 0 spiro atoms. The third-order valence-electron chi connectivity index (χ3n) is 3.36. The van der Waals surface area contributed by atoms with Crippen molar-refractivity contribution in [1.29, 1.82) is 0 Å². The fourth-order valence-corrected chi connectivity index (χ4v) is 2.14. The van der Waals surface area contributed by atoms with Crippen LogP contribution >= 0.6 is 0 Å². The molecule has 1 heterocycles. The van der Waals surface area contributed by atoms with Crippen LogP contribution in [0.1, 0.15) is 29.5 Å². The van der Waals surface area contributed by atoms with E-state index in [0.717, 1.165) is 0 Å². The maximum absolute atomic E-state index is 12.4. The molecule has 1 aromatic carbocycles. The number of carbonyl (C=O) groups is 3. The summed E-state index contributed by atoms with van der Waals surface area (Å²) < 4.78 is 10.1. The quantitative estimate of drug-likeness (QED) is 0.780. The number of rotatable bonds is 7. The van der Waals surface area contributed by atoms with Crippen molar-refractivity contribution in [3.05, 3.63) is 60.1 Å². The number of hydrogen-bond donors (Lipinski definition) is 1. The molecule has 7 heteroatoms. The molecule has 25 heavy (non-hydrogen) atoms. The second-order valence-electron chi connectivity index (χ2n) is 5.18. The van der Waals surface area contributed by atoms with E-state index in [9.17, 15) is 14.4 Å². The highest BCUT2D eigenvalue weighted by molar-refractivity contribution is 6.04. The number of furan rings is 1. The molecule has 0 saturated carbocycles. The maximum atomic E-state index is 12.4. The van der Waals surface area contributed by atoms with Gasteiger partial charge in [-0.25, -0.2) is 4.79 Å². The molecule has 132 valence electrons. The molecule has 0 saturated heterocycles. The minimum absolute atomic E-state index is 0.0293. The highest BCUT2D eigenvalue weighted by atomic mass is 16.5. The normalized spacial score (nSPS) is 10.1. The number of nitrogens with one attached hydrogen (secondary N) is 1. The van der Waals surface area contributed by atoms with Crippen LogP contribution in [0.15, 0.2) is 53.1 Å². The fourth-order valence-electron chi connectivity index (χ4n) is 2.14. The molecule has 0 aliphatic rings. The Morgan fingerprint density at radius 1 is 1.12 bits per heavy atom. The van der Waals surface area contributed by atoms with E-state index < -0.39 is 17.9 Å². The smallest absolute Gasteiger partial charge is 0.324 e. The molecule has 1 aromatic heterocycles. The third-order valence-corrected chi connectivity index (χ3v) is 3.36. The number of nitrogens with zero attached hydrogens (tertiary/aromatic N) is 1. The summed E-state index contributed by atoms with van der Waals surface area (Å²) in [5.41, 5.74) is 0.374. The molecule has 7 nitrogen and oxygen atoms in total. The van der Waals surface area contributed by atoms with Crippen LogP contribution in [0.4, 0.5) is 4.79 Å². The summed E-state index contributed by atoms with van der Waals surface area (Å²) >= 11 is 0. The Labute approximate surface area is 145 Å². The van der Waals surface area contributed by atoms with Crippen molar-refractivity contribution in [2.24, 2.45) is 0 Å². The molecule has 0 bridgehead atoms. The molecular weight excluding hydrogens is 324 g/mol. The lowest BCUT2D eigenvalue weighted by atomic mass is 10.2. The van der Waals surface area contributed by atoms with E-state index in [2.05, 4.69) is 5.32 Å². The third kappa shape index (κ3) is 5.80. The van der Waals surface area contributed by atoms with Crippen LogP contribution in [0, 0.1) is 0 Å². The first-order chi connectivity index (χ1) is 12.1. The molecule has 2 aromatic rings. The Morgan fingerprint density at radius 3 is 2.52 bits per heavy atom. The molecule has 0 aliphatic heterocycles. The van der Waals surface area contributed by atoms with Gasteiger partial charge in [0, 0.05) is 12.1 Å². The average Bonchev–Trinajstić information content (AvgIpc) is 3.12. The zero-order valence-corrected chi connectivity index (χ0v) is 13.9. The predicted octanol–water partition coefficient (Wildman–Crippen LogP) is 2.58. The van der Waals surface area contributed by atoms with Crippen molar-refractivity contribution >= 4 is 17.9 Å². The topological polar surface area (TPSA) is 88.8 Å². The van der Waals surface area contributed by atoms with Crippen LogP contribution in [0.5, 0.6) is 0 Å². The van der Waals surface area contributed by atoms with Gasteiger partial charge < -0.3 is 14.1 Å². The second kappa shape index (κ2) is 9.27. The van der Waals surface area contributed by atoms with Gasteiger partial charge in [0.05, 0.1) is 25.8 Å². The molecule has 0 radical (unpaired) electrons. The molecule has 0 fully saturated rings. The van der Waals surface area contributed by atoms with E-state index in [-0.39, 0.29) is 26.1 Å². The Balaban J connectivity index is 2.01. The number of ether oxygens (including phenoxy) is 1. The van der Waals surface area contributed by atoms with Gasteiger partial charge in [-0.2, -0.15) is 0 Å². The monoisotopic (exact) mass is 344 g/mol. The summed E-state index contributed by atoms with van der Waals surface area (Å²) in [6.45, 7) is 2.23. The van der Waals surface area contributed by atoms with Crippen LogP contribution < -0.4 is 5.32 Å². The number of imide groups is 1. The predicted molar refractivity (Wildman–Crippen MR) is 89.7 cm³/mol. The first-order valence-electron chi connectivity index (χ1n) is 7.93. The van der Waals surface area contributed by atoms with Crippen LogP contribution in [-0.2, 0) is 16.1 Å². The zero-order valence-electron chi connectivity index (χ0n) is 13.9. The molecule has 2 rings (SSSR count). The summed E-state index contributed by atoms with van der Waals surface area (Å²) in [4.78, 5) is 37.4. The molecule has 3 amide bonds. The summed E-state index contributed by atoms with van der Waals surface area (Å²) in [6, 6.07) is 11.2. The first-order valence-corrected chi connectivity index (χ1v) is 7.93. The van der Waals surface area contributed by atoms with Crippen LogP contribution in [0.2, 0.25) is 0 Å². The lowest BCUT2D eigenvalue weighted by Gasteiger charge is -2.21. The van der Waals surface area contributed by atoms with E-state index in [0.29, 0.717) is 11.3 Å². The minimum Gasteiger partial charge on any atom is -0.467 e. The van der Waals surface area contributed by atoms with Gasteiger partial charge in [0.15, 0.2) is 0 Å². The van der Waals surface area contributed by atoms with Crippen molar-refractivity contribution in [2.45, 2.75) is 19.9 Å². The molecule has 0 atom stereocenters. The van der Waals surface area contributed by atoms with Crippen LogP contribution in [0.3, 0.4) is 0 Å². The van der Waals surface area contributed by atoms with E-state index >= 15 is 0 Å².